The van der Waals surface area contributed by atoms with Gasteiger partial charge < -0.3 is 22.2 Å². The molecule has 1 N–H and O–H groups in total. The van der Waals surface area contributed by atoms with Crippen LogP contribution in [0.25, 0.3) is 0 Å². The third-order valence-electron chi connectivity index (χ3n) is 3.35. The number of halogens is 1. The van der Waals surface area contributed by atoms with E-state index in [1.807, 2.05) is 0 Å². The molecule has 0 aromatic rings. The average Bonchev–Trinajstić information content (AvgIpc) is 2.29. The van der Waals surface area contributed by atoms with Gasteiger partial charge in [-0.2, -0.15) is 0 Å². The predicted molar refractivity (Wildman–Crippen MR) is 78.4 cm³/mol. The highest BCUT2D eigenvalue weighted by Crippen LogP contribution is 2.11. The number of amides is 1. The molecule has 4 heteroatoms. The van der Waals surface area contributed by atoms with Gasteiger partial charge in [-0.05, 0) is 26.2 Å². The smallest absolute Gasteiger partial charge is 0.246 e. The first kappa shape index (κ1) is 20.8. The lowest BCUT2D eigenvalue weighted by Crippen LogP contribution is -3.00. The van der Waals surface area contributed by atoms with E-state index < -0.39 is 0 Å². The Balaban J connectivity index is 0. The van der Waals surface area contributed by atoms with Gasteiger partial charge in [0.05, 0.1) is 32.7 Å². The molecule has 0 aliphatic heterocycles. The summed E-state index contributed by atoms with van der Waals surface area (Å²) in [4.78, 5) is 11.5. The molecule has 0 fully saturated rings. The molecule has 1 amide bonds. The summed E-state index contributed by atoms with van der Waals surface area (Å²) in [6, 6.07) is 0. The zero-order valence-corrected chi connectivity index (χ0v) is 13.9. The maximum Gasteiger partial charge on any atom is 0.246 e. The predicted octanol–water partition coefficient (Wildman–Crippen LogP) is -0.270. The molecule has 0 aliphatic rings. The van der Waals surface area contributed by atoms with E-state index in [-0.39, 0.29) is 18.3 Å². The summed E-state index contributed by atoms with van der Waals surface area (Å²) in [6.45, 7) is 17.6. The van der Waals surface area contributed by atoms with Gasteiger partial charge in [0.2, 0.25) is 5.91 Å². The highest BCUT2D eigenvalue weighted by atomic mass is 35.5. The maximum atomic E-state index is 11.5. The number of quaternary nitrogens is 1. The van der Waals surface area contributed by atoms with E-state index in [9.17, 15) is 4.79 Å². The van der Waals surface area contributed by atoms with Gasteiger partial charge in [0.25, 0.3) is 0 Å². The van der Waals surface area contributed by atoms with Crippen LogP contribution in [0.1, 0.15) is 47.0 Å². The fourth-order valence-corrected chi connectivity index (χ4v) is 2.65. The monoisotopic (exact) mass is 290 g/mol. The number of rotatable bonds is 10. The fraction of sp³-hybridized carbons (Fsp3) is 0.800. The van der Waals surface area contributed by atoms with Gasteiger partial charge in [0.15, 0.2) is 0 Å². The summed E-state index contributed by atoms with van der Waals surface area (Å²) in [5, 5.41) is 2.96. The van der Waals surface area contributed by atoms with Crippen LogP contribution in [-0.4, -0.2) is 43.1 Å². The van der Waals surface area contributed by atoms with E-state index in [1.165, 1.54) is 38.9 Å². The second-order valence-electron chi connectivity index (χ2n) is 5.27. The quantitative estimate of drug-likeness (QED) is 0.436. The van der Waals surface area contributed by atoms with Gasteiger partial charge in [0, 0.05) is 5.57 Å². The molecule has 3 nitrogen and oxygen atoms in total. The average molecular weight is 291 g/mol. The molecule has 114 valence electrons. The summed E-state index contributed by atoms with van der Waals surface area (Å²) in [7, 11) is 0. The normalized spacial score (nSPS) is 10.7. The third-order valence-corrected chi connectivity index (χ3v) is 3.35. The fourth-order valence-electron chi connectivity index (χ4n) is 2.65. The van der Waals surface area contributed by atoms with Gasteiger partial charge in [-0.25, -0.2) is 0 Å². The number of carbonyl (C=O) groups excluding carboxylic acids is 1. The SMILES string of the molecule is C=C(C)C(=O)NCC[N+](CCC)(CCC)CCC.[Cl-]. The molecule has 0 rings (SSSR count). The maximum absolute atomic E-state index is 11.5. The summed E-state index contributed by atoms with van der Waals surface area (Å²) in [5.74, 6) is -0.0161. The topological polar surface area (TPSA) is 29.1 Å². The Morgan fingerprint density at radius 3 is 1.74 bits per heavy atom. The van der Waals surface area contributed by atoms with E-state index in [0.29, 0.717) is 5.57 Å². The molecular weight excluding hydrogens is 260 g/mol. The summed E-state index contributed by atoms with van der Waals surface area (Å²) >= 11 is 0. The zero-order valence-electron chi connectivity index (χ0n) is 13.1. The Kier molecular flexibility index (Phi) is 12.4. The standard InChI is InChI=1S/C15H30N2O.ClH/c1-6-10-17(11-7-2,12-8-3)13-9-16-15(18)14(4)5;/h4,6-13H2,1-3,5H3;1H. The van der Waals surface area contributed by atoms with Crippen molar-refractivity contribution in [3.05, 3.63) is 12.2 Å². The Bertz CT molecular complexity index is 250. The highest BCUT2D eigenvalue weighted by Gasteiger charge is 2.24. The molecule has 0 aromatic heterocycles. The minimum absolute atomic E-state index is 0. The molecule has 0 heterocycles. The number of hydrogen-bond donors (Lipinski definition) is 1. The lowest BCUT2D eigenvalue weighted by molar-refractivity contribution is -0.927. The zero-order chi connectivity index (χ0) is 14.0. The van der Waals surface area contributed by atoms with Crippen molar-refractivity contribution >= 4 is 5.91 Å². The Morgan fingerprint density at radius 1 is 1.00 bits per heavy atom. The molecular formula is C15H31ClN2O. The van der Waals surface area contributed by atoms with Crippen molar-refractivity contribution in [2.24, 2.45) is 0 Å². The molecule has 0 aromatic carbocycles. The van der Waals surface area contributed by atoms with Crippen LogP contribution in [0.5, 0.6) is 0 Å². The number of hydrogen-bond acceptors (Lipinski definition) is 1. The van der Waals surface area contributed by atoms with E-state index >= 15 is 0 Å². The Labute approximate surface area is 125 Å². The highest BCUT2D eigenvalue weighted by molar-refractivity contribution is 5.91. The number of nitrogens with zero attached hydrogens (tertiary/aromatic N) is 1. The molecule has 0 radical (unpaired) electrons. The van der Waals surface area contributed by atoms with Gasteiger partial charge in [-0.3, -0.25) is 4.79 Å². The molecule has 0 unspecified atom stereocenters. The van der Waals surface area contributed by atoms with Crippen LogP contribution in [0.2, 0.25) is 0 Å². The van der Waals surface area contributed by atoms with Crippen LogP contribution in [0.4, 0.5) is 0 Å². The molecule has 0 saturated heterocycles. The molecule has 0 bridgehead atoms. The van der Waals surface area contributed by atoms with Gasteiger partial charge in [-0.1, -0.05) is 27.4 Å². The number of nitrogens with one attached hydrogen (secondary N) is 1. The van der Waals surface area contributed by atoms with Crippen LogP contribution in [0.3, 0.4) is 0 Å². The second-order valence-corrected chi connectivity index (χ2v) is 5.27. The molecule has 19 heavy (non-hydrogen) atoms. The molecule has 0 spiro atoms. The van der Waals surface area contributed by atoms with Gasteiger partial charge in [-0.15, -0.1) is 0 Å². The van der Waals surface area contributed by atoms with Crippen molar-refractivity contribution < 1.29 is 21.7 Å². The van der Waals surface area contributed by atoms with Crippen molar-refractivity contribution in [3.8, 4) is 0 Å². The van der Waals surface area contributed by atoms with E-state index in [0.717, 1.165) is 17.6 Å². The lowest BCUT2D eigenvalue weighted by atomic mass is 10.2. The third kappa shape index (κ3) is 8.27. The van der Waals surface area contributed by atoms with Crippen molar-refractivity contribution in [1.82, 2.24) is 5.32 Å². The van der Waals surface area contributed by atoms with Crippen LogP contribution < -0.4 is 17.7 Å². The van der Waals surface area contributed by atoms with Crippen molar-refractivity contribution in [1.29, 1.82) is 0 Å². The first-order valence-corrected chi connectivity index (χ1v) is 7.30. The van der Waals surface area contributed by atoms with E-state index in [2.05, 4.69) is 32.7 Å². The van der Waals surface area contributed by atoms with Gasteiger partial charge >= 0.3 is 0 Å². The van der Waals surface area contributed by atoms with Crippen LogP contribution in [-0.2, 0) is 4.79 Å². The molecule has 0 atom stereocenters. The number of carbonyl (C=O) groups is 1. The minimum Gasteiger partial charge on any atom is -1.00 e. The van der Waals surface area contributed by atoms with E-state index in [1.54, 1.807) is 6.92 Å². The van der Waals surface area contributed by atoms with Crippen LogP contribution in [0, 0.1) is 0 Å². The Hall–Kier alpha value is -0.540. The Morgan fingerprint density at radius 2 is 1.42 bits per heavy atom. The molecule has 0 saturated carbocycles. The van der Waals surface area contributed by atoms with Crippen molar-refractivity contribution in [3.63, 3.8) is 0 Å². The van der Waals surface area contributed by atoms with Crippen molar-refractivity contribution in [2.75, 3.05) is 32.7 Å². The summed E-state index contributed by atoms with van der Waals surface area (Å²) < 4.78 is 1.14. The minimum atomic E-state index is -0.0161. The lowest BCUT2D eigenvalue weighted by Gasteiger charge is -2.38. The van der Waals surface area contributed by atoms with E-state index in [4.69, 9.17) is 0 Å². The summed E-state index contributed by atoms with van der Waals surface area (Å²) in [5.41, 5.74) is 0.592. The first-order valence-electron chi connectivity index (χ1n) is 7.30. The summed E-state index contributed by atoms with van der Waals surface area (Å²) in [6.07, 6.45) is 3.61. The van der Waals surface area contributed by atoms with Crippen molar-refractivity contribution in [2.45, 2.75) is 47.0 Å². The largest absolute Gasteiger partial charge is 1.00 e. The van der Waals surface area contributed by atoms with Crippen LogP contribution in [0.15, 0.2) is 12.2 Å². The van der Waals surface area contributed by atoms with Crippen LogP contribution >= 0.6 is 0 Å². The second kappa shape index (κ2) is 11.3. The van der Waals surface area contributed by atoms with Gasteiger partial charge in [0.1, 0.15) is 0 Å². The molecule has 0 aliphatic carbocycles. The first-order chi connectivity index (χ1) is 8.51.